The van der Waals surface area contributed by atoms with Crippen LogP contribution in [0.4, 0.5) is 0 Å². The summed E-state index contributed by atoms with van der Waals surface area (Å²) in [5.41, 5.74) is 7.19. The summed E-state index contributed by atoms with van der Waals surface area (Å²) in [6, 6.07) is 18.4. The molecule has 4 rings (SSSR count). The van der Waals surface area contributed by atoms with Crippen LogP contribution in [-0.2, 0) is 10.4 Å². The molecule has 3 nitrogen and oxygen atoms in total. The quantitative estimate of drug-likeness (QED) is 0.517. The van der Waals surface area contributed by atoms with Gasteiger partial charge < -0.3 is 4.74 Å². The molecule has 0 amide bonds. The van der Waals surface area contributed by atoms with Crippen LogP contribution in [0.25, 0.3) is 5.70 Å². The highest BCUT2D eigenvalue weighted by Gasteiger charge is 2.58. The van der Waals surface area contributed by atoms with Gasteiger partial charge in [-0.1, -0.05) is 42.5 Å². The van der Waals surface area contributed by atoms with Crippen LogP contribution in [0.2, 0.25) is 0 Å². The van der Waals surface area contributed by atoms with Gasteiger partial charge in [0.2, 0.25) is 0 Å². The van der Waals surface area contributed by atoms with Crippen LogP contribution in [0.1, 0.15) is 17.5 Å². The lowest BCUT2D eigenvalue weighted by Crippen LogP contribution is -2.24. The van der Waals surface area contributed by atoms with E-state index < -0.39 is 0 Å². The molecule has 2 aliphatic rings. The molecular formula is C18H16ClNO2. The second-order valence-corrected chi connectivity index (χ2v) is 5.84. The van der Waals surface area contributed by atoms with Crippen LogP contribution in [-0.4, -0.2) is 12.5 Å². The van der Waals surface area contributed by atoms with Crippen molar-refractivity contribution in [1.82, 2.24) is 5.48 Å². The highest BCUT2D eigenvalue weighted by Crippen LogP contribution is 2.60. The predicted octanol–water partition coefficient (Wildman–Crippen LogP) is 3.85. The predicted molar refractivity (Wildman–Crippen MR) is 86.5 cm³/mol. The standard InChI is InChI=1S/C18H16ClNO2/c19-10-11-21-20-17-14-8-4-5-9-16(14)22-18(12-15(17)18)13-6-2-1-3-7-13/h1-9,20H,10-12H2. The van der Waals surface area contributed by atoms with Gasteiger partial charge in [0.25, 0.3) is 0 Å². The Bertz CT molecular complexity index is 729. The first-order chi connectivity index (χ1) is 10.8. The topological polar surface area (TPSA) is 30.5 Å². The maximum atomic E-state index is 6.34. The molecule has 1 aliphatic heterocycles. The average molecular weight is 314 g/mol. The van der Waals surface area contributed by atoms with Crippen LogP contribution in [0, 0.1) is 0 Å². The molecule has 1 aliphatic carbocycles. The minimum Gasteiger partial charge on any atom is -0.477 e. The van der Waals surface area contributed by atoms with Crippen LogP contribution in [0.3, 0.4) is 0 Å². The SMILES string of the molecule is ClCCONC1=C2CC2(c2ccccc2)Oc2ccccc21. The summed E-state index contributed by atoms with van der Waals surface area (Å²) in [4.78, 5) is 5.46. The Morgan fingerprint density at radius 3 is 2.68 bits per heavy atom. The van der Waals surface area contributed by atoms with Gasteiger partial charge in [0.15, 0.2) is 5.60 Å². The summed E-state index contributed by atoms with van der Waals surface area (Å²) in [7, 11) is 0. The maximum Gasteiger partial charge on any atom is 0.162 e. The molecule has 1 heterocycles. The lowest BCUT2D eigenvalue weighted by Gasteiger charge is -2.26. The smallest absolute Gasteiger partial charge is 0.162 e. The highest BCUT2D eigenvalue weighted by molar-refractivity contribution is 6.17. The molecule has 22 heavy (non-hydrogen) atoms. The van der Waals surface area contributed by atoms with Crippen LogP contribution < -0.4 is 10.2 Å². The van der Waals surface area contributed by atoms with Crippen LogP contribution >= 0.6 is 11.6 Å². The molecule has 0 bridgehead atoms. The Labute approximate surface area is 134 Å². The van der Waals surface area contributed by atoms with Gasteiger partial charge in [-0.25, -0.2) is 0 Å². The molecule has 2 aromatic rings. The number of hydroxylamine groups is 1. The fourth-order valence-corrected chi connectivity index (χ4v) is 3.10. The van der Waals surface area contributed by atoms with E-state index in [9.17, 15) is 0 Å². The second kappa shape index (κ2) is 5.34. The molecule has 2 aromatic carbocycles. The van der Waals surface area contributed by atoms with Crippen molar-refractivity contribution in [3.63, 3.8) is 0 Å². The van der Waals surface area contributed by atoms with Crippen LogP contribution in [0.15, 0.2) is 60.2 Å². The molecule has 1 fully saturated rings. The monoisotopic (exact) mass is 313 g/mol. The molecule has 0 aromatic heterocycles. The van der Waals surface area contributed by atoms with Crippen molar-refractivity contribution >= 4 is 17.3 Å². The van der Waals surface area contributed by atoms with Gasteiger partial charge in [-0.15, -0.1) is 11.6 Å². The molecular weight excluding hydrogens is 298 g/mol. The number of hydrogen-bond donors (Lipinski definition) is 1. The first kappa shape index (κ1) is 13.7. The van der Waals surface area contributed by atoms with Crippen molar-refractivity contribution in [3.8, 4) is 5.75 Å². The molecule has 112 valence electrons. The number of halogens is 1. The van der Waals surface area contributed by atoms with E-state index in [4.69, 9.17) is 21.2 Å². The summed E-state index contributed by atoms with van der Waals surface area (Å²) in [6.07, 6.45) is 0.873. The molecule has 4 heteroatoms. The van der Waals surface area contributed by atoms with Crippen molar-refractivity contribution in [1.29, 1.82) is 0 Å². The van der Waals surface area contributed by atoms with E-state index in [-0.39, 0.29) is 5.60 Å². The van der Waals surface area contributed by atoms with Gasteiger partial charge in [0.1, 0.15) is 5.75 Å². The van der Waals surface area contributed by atoms with E-state index in [0.29, 0.717) is 12.5 Å². The number of para-hydroxylation sites is 1. The molecule has 0 radical (unpaired) electrons. The third-order valence-corrected chi connectivity index (χ3v) is 4.28. The number of fused-ring (bicyclic) bond motifs is 2. The molecule has 0 spiro atoms. The Balaban J connectivity index is 1.75. The van der Waals surface area contributed by atoms with Gasteiger partial charge in [-0.3, -0.25) is 10.3 Å². The van der Waals surface area contributed by atoms with E-state index >= 15 is 0 Å². The zero-order valence-electron chi connectivity index (χ0n) is 12.0. The third kappa shape index (κ3) is 2.09. The van der Waals surface area contributed by atoms with Gasteiger partial charge >= 0.3 is 0 Å². The number of rotatable bonds is 5. The lowest BCUT2D eigenvalue weighted by molar-refractivity contribution is 0.0891. The Morgan fingerprint density at radius 2 is 1.86 bits per heavy atom. The Hall–Kier alpha value is -1.97. The average Bonchev–Trinajstić information content (AvgIpc) is 3.31. The highest BCUT2D eigenvalue weighted by atomic mass is 35.5. The summed E-state index contributed by atoms with van der Waals surface area (Å²) < 4.78 is 6.34. The lowest BCUT2D eigenvalue weighted by atomic mass is 10.0. The van der Waals surface area contributed by atoms with E-state index in [2.05, 4.69) is 17.6 Å². The number of ether oxygens (including phenoxy) is 1. The molecule has 1 atom stereocenters. The normalized spacial score (nSPS) is 21.7. The number of alkyl halides is 1. The van der Waals surface area contributed by atoms with Gasteiger partial charge in [-0.05, 0) is 12.1 Å². The van der Waals surface area contributed by atoms with E-state index in [1.807, 2.05) is 42.5 Å². The first-order valence-corrected chi connectivity index (χ1v) is 7.90. The van der Waals surface area contributed by atoms with E-state index in [1.165, 1.54) is 11.1 Å². The first-order valence-electron chi connectivity index (χ1n) is 7.36. The zero-order valence-corrected chi connectivity index (χ0v) is 12.8. The fraction of sp³-hybridized carbons (Fsp3) is 0.222. The van der Waals surface area contributed by atoms with Crippen LogP contribution in [0.5, 0.6) is 5.75 Å². The van der Waals surface area contributed by atoms with Crippen molar-refractivity contribution in [3.05, 3.63) is 71.3 Å². The van der Waals surface area contributed by atoms with E-state index in [1.54, 1.807) is 0 Å². The fourth-order valence-electron chi connectivity index (χ4n) is 3.03. The van der Waals surface area contributed by atoms with Gasteiger partial charge in [0.05, 0.1) is 12.3 Å². The summed E-state index contributed by atoms with van der Waals surface area (Å²) >= 11 is 5.68. The summed E-state index contributed by atoms with van der Waals surface area (Å²) in [5, 5.41) is 0. The molecule has 1 saturated carbocycles. The minimum absolute atomic E-state index is 0.345. The second-order valence-electron chi connectivity index (χ2n) is 5.46. The minimum atomic E-state index is -0.345. The van der Waals surface area contributed by atoms with Gasteiger partial charge in [-0.2, -0.15) is 0 Å². The molecule has 1 unspecified atom stereocenters. The maximum absolute atomic E-state index is 6.34. The molecule has 0 saturated heterocycles. The number of nitrogens with one attached hydrogen (secondary N) is 1. The van der Waals surface area contributed by atoms with Crippen molar-refractivity contribution in [2.24, 2.45) is 0 Å². The van der Waals surface area contributed by atoms with E-state index in [0.717, 1.165) is 23.4 Å². The third-order valence-electron chi connectivity index (χ3n) is 4.12. The Morgan fingerprint density at radius 1 is 1.09 bits per heavy atom. The summed E-state index contributed by atoms with van der Waals surface area (Å²) in [5.74, 6) is 1.34. The van der Waals surface area contributed by atoms with Gasteiger partial charge in [0, 0.05) is 29.0 Å². The number of hydrogen-bond acceptors (Lipinski definition) is 3. The summed E-state index contributed by atoms with van der Waals surface area (Å²) in [6.45, 7) is 0.458. The zero-order chi connectivity index (χ0) is 15.0. The Kier molecular flexibility index (Phi) is 3.32. The van der Waals surface area contributed by atoms with Crippen molar-refractivity contribution < 1.29 is 9.57 Å². The van der Waals surface area contributed by atoms with Crippen molar-refractivity contribution in [2.75, 3.05) is 12.5 Å². The molecule has 1 N–H and O–H groups in total. The largest absolute Gasteiger partial charge is 0.477 e. The number of benzene rings is 2. The van der Waals surface area contributed by atoms with Crippen molar-refractivity contribution in [2.45, 2.75) is 12.0 Å².